The van der Waals surface area contributed by atoms with Crippen LogP contribution in [0.25, 0.3) is 10.9 Å². The van der Waals surface area contributed by atoms with E-state index in [4.69, 9.17) is 0 Å². The minimum atomic E-state index is -1.40. The Hall–Kier alpha value is -3.36. The van der Waals surface area contributed by atoms with Crippen molar-refractivity contribution < 1.29 is 37.4 Å². The van der Waals surface area contributed by atoms with Crippen LogP contribution in [0.4, 0.5) is 17.6 Å². The van der Waals surface area contributed by atoms with E-state index in [2.05, 4.69) is 0 Å². The molecule has 0 aliphatic heterocycles. The van der Waals surface area contributed by atoms with Gasteiger partial charge >= 0.3 is 5.97 Å². The first-order valence-corrected chi connectivity index (χ1v) is 9.04. The van der Waals surface area contributed by atoms with Gasteiger partial charge in [-0.3, -0.25) is 14.2 Å². The Balaban J connectivity index is 2.40. The second kappa shape index (κ2) is 7.81. The lowest BCUT2D eigenvalue weighted by atomic mass is 9.92. The summed E-state index contributed by atoms with van der Waals surface area (Å²) in [5.41, 5.74) is -0.739. The number of carboxylic acids is 1. The van der Waals surface area contributed by atoms with Gasteiger partial charge in [0.05, 0.1) is 11.4 Å². The minimum absolute atomic E-state index is 0.00974. The third-order valence-electron chi connectivity index (χ3n) is 5.00. The van der Waals surface area contributed by atoms with E-state index in [1.165, 1.54) is 6.92 Å². The van der Waals surface area contributed by atoms with Gasteiger partial charge in [-0.15, -0.1) is 0 Å². The van der Waals surface area contributed by atoms with E-state index in [-0.39, 0.29) is 28.8 Å². The summed E-state index contributed by atoms with van der Waals surface area (Å²) in [5, 5.41) is 18.9. The van der Waals surface area contributed by atoms with Gasteiger partial charge in [0.15, 0.2) is 29.0 Å². The van der Waals surface area contributed by atoms with Gasteiger partial charge in [-0.05, 0) is 37.1 Å². The van der Waals surface area contributed by atoms with Crippen molar-refractivity contribution in [2.24, 2.45) is 0 Å². The predicted octanol–water partition coefficient (Wildman–Crippen LogP) is 4.87. The van der Waals surface area contributed by atoms with Crippen LogP contribution in [-0.4, -0.2) is 26.7 Å². The number of halogens is 4. The van der Waals surface area contributed by atoms with Gasteiger partial charge in [0.25, 0.3) is 5.91 Å². The maximum atomic E-state index is 14.8. The quantitative estimate of drug-likeness (QED) is 0.574. The molecule has 9 heteroatoms. The molecule has 0 amide bonds. The van der Waals surface area contributed by atoms with Gasteiger partial charge in [-0.2, -0.15) is 0 Å². The second-order valence-corrected chi connectivity index (χ2v) is 6.86. The highest BCUT2D eigenvalue weighted by Gasteiger charge is 2.32. The fraction of sp³-hybridized carbons (Fsp3) is 0.238. The summed E-state index contributed by atoms with van der Waals surface area (Å²) in [6.07, 6.45) is 0.501. The first-order chi connectivity index (χ1) is 14.1. The number of carbonyl (C=O) groups is 2. The molecule has 3 rings (SSSR count). The molecule has 0 fully saturated rings. The van der Waals surface area contributed by atoms with Crippen LogP contribution in [0.1, 0.15) is 47.3 Å². The lowest BCUT2D eigenvalue weighted by Crippen LogP contribution is -2.16. The Morgan fingerprint density at radius 1 is 1.07 bits per heavy atom. The van der Waals surface area contributed by atoms with Gasteiger partial charge in [0.2, 0.25) is 0 Å². The van der Waals surface area contributed by atoms with E-state index in [1.807, 2.05) is 0 Å². The van der Waals surface area contributed by atoms with Crippen molar-refractivity contribution >= 4 is 22.8 Å². The molecule has 158 valence electrons. The summed E-state index contributed by atoms with van der Waals surface area (Å²) >= 11 is 0. The third-order valence-corrected chi connectivity index (χ3v) is 5.00. The topological polar surface area (TPSA) is 79.5 Å². The summed E-state index contributed by atoms with van der Waals surface area (Å²) in [7, 11) is 0. The van der Waals surface area contributed by atoms with Gasteiger partial charge in [0.1, 0.15) is 0 Å². The van der Waals surface area contributed by atoms with E-state index in [0.717, 1.165) is 16.7 Å². The number of phenols is 1. The van der Waals surface area contributed by atoms with Crippen LogP contribution in [0.5, 0.6) is 5.75 Å². The van der Waals surface area contributed by atoms with Gasteiger partial charge in [-0.25, -0.2) is 17.6 Å². The predicted molar refractivity (Wildman–Crippen MR) is 99.6 cm³/mol. The van der Waals surface area contributed by atoms with Gasteiger partial charge in [-0.1, -0.05) is 13.3 Å². The number of benzene rings is 2. The summed E-state index contributed by atoms with van der Waals surface area (Å²) in [4.78, 5) is 24.9. The maximum Gasteiger partial charge on any atom is 0.311 e. The Morgan fingerprint density at radius 3 is 2.30 bits per heavy atom. The lowest BCUT2D eigenvalue weighted by Gasteiger charge is -2.13. The first kappa shape index (κ1) is 21.4. The molecular weight excluding hydrogens is 406 g/mol. The van der Waals surface area contributed by atoms with Crippen LogP contribution in [-0.2, 0) is 4.79 Å². The molecule has 0 spiro atoms. The number of rotatable bonds is 5. The Bertz CT molecular complexity index is 1190. The monoisotopic (exact) mass is 423 g/mol. The zero-order valence-electron chi connectivity index (χ0n) is 16.0. The Morgan fingerprint density at radius 2 is 1.73 bits per heavy atom. The molecule has 0 aliphatic carbocycles. The third kappa shape index (κ3) is 3.30. The van der Waals surface area contributed by atoms with E-state index in [1.54, 1.807) is 6.92 Å². The lowest BCUT2D eigenvalue weighted by molar-refractivity contribution is -0.139. The maximum absolute atomic E-state index is 14.8. The highest BCUT2D eigenvalue weighted by Crippen LogP contribution is 2.40. The van der Waals surface area contributed by atoms with Crippen LogP contribution in [0.3, 0.4) is 0 Å². The number of carbonyl (C=O) groups excluding carboxylic acids is 1. The molecule has 0 saturated carbocycles. The van der Waals surface area contributed by atoms with E-state index >= 15 is 0 Å². The van der Waals surface area contributed by atoms with Crippen LogP contribution in [0.15, 0.2) is 24.3 Å². The molecule has 0 bridgehead atoms. The standard InChI is InChI=1S/C21H17F4NO4/c1-3-4-11(21(29)30)16-9(2)26(15-8-14(24)19(27)18(25)17(15)16)20(28)10-5-6-12(22)13(23)7-10/h5-8,11,27H,3-4H2,1-2H3,(H,29,30). The number of phenolic OH excluding ortho intramolecular Hbond substituents is 1. The molecule has 2 N–H and O–H groups in total. The van der Waals surface area contributed by atoms with Crippen LogP contribution < -0.4 is 0 Å². The van der Waals surface area contributed by atoms with Crippen molar-refractivity contribution in [3.8, 4) is 5.75 Å². The second-order valence-electron chi connectivity index (χ2n) is 6.86. The van der Waals surface area contributed by atoms with E-state index in [9.17, 15) is 37.4 Å². The SMILES string of the molecule is CCCC(C(=O)O)c1c(C)n(C(=O)c2ccc(F)c(F)c2)c2cc(F)c(O)c(F)c12. The molecule has 0 radical (unpaired) electrons. The average molecular weight is 423 g/mol. The summed E-state index contributed by atoms with van der Waals surface area (Å²) in [6.45, 7) is 3.05. The Kier molecular flexibility index (Phi) is 5.56. The highest BCUT2D eigenvalue weighted by atomic mass is 19.2. The van der Waals surface area contributed by atoms with Crippen LogP contribution in [0, 0.1) is 30.2 Å². The van der Waals surface area contributed by atoms with Crippen molar-refractivity contribution in [3.63, 3.8) is 0 Å². The number of nitrogens with zero attached hydrogens (tertiary/aromatic N) is 1. The molecule has 2 aromatic carbocycles. The molecular formula is C21H17F4NO4. The molecule has 5 nitrogen and oxygen atoms in total. The molecule has 3 aromatic rings. The minimum Gasteiger partial charge on any atom is -0.503 e. The van der Waals surface area contributed by atoms with Crippen molar-refractivity contribution in [3.05, 3.63) is 64.4 Å². The fourth-order valence-electron chi connectivity index (χ4n) is 3.64. The van der Waals surface area contributed by atoms with Crippen molar-refractivity contribution in [2.45, 2.75) is 32.6 Å². The highest BCUT2D eigenvalue weighted by molar-refractivity contribution is 6.05. The van der Waals surface area contributed by atoms with Crippen LogP contribution >= 0.6 is 0 Å². The molecule has 0 aliphatic rings. The molecule has 0 saturated heterocycles. The zero-order chi connectivity index (χ0) is 22.3. The summed E-state index contributed by atoms with van der Waals surface area (Å²) < 4.78 is 56.6. The number of aromatic nitrogens is 1. The largest absolute Gasteiger partial charge is 0.503 e. The van der Waals surface area contributed by atoms with E-state index < -0.39 is 52.2 Å². The van der Waals surface area contributed by atoms with Gasteiger partial charge < -0.3 is 10.2 Å². The number of hydrogen-bond donors (Lipinski definition) is 2. The summed E-state index contributed by atoms with van der Waals surface area (Å²) in [6, 6.07) is 3.07. The molecule has 1 heterocycles. The van der Waals surface area contributed by atoms with Crippen molar-refractivity contribution in [2.75, 3.05) is 0 Å². The number of carboxylic acid groups (broad SMARTS) is 1. The van der Waals surface area contributed by atoms with Crippen molar-refractivity contribution in [1.29, 1.82) is 0 Å². The number of hydrogen-bond acceptors (Lipinski definition) is 3. The molecule has 1 aromatic heterocycles. The zero-order valence-corrected chi connectivity index (χ0v) is 16.0. The van der Waals surface area contributed by atoms with E-state index in [0.29, 0.717) is 18.6 Å². The number of aromatic hydroxyl groups is 1. The smallest absolute Gasteiger partial charge is 0.311 e. The van der Waals surface area contributed by atoms with Gasteiger partial charge in [0, 0.05) is 22.7 Å². The Labute approximate surface area is 168 Å². The number of aliphatic carboxylic acids is 1. The first-order valence-electron chi connectivity index (χ1n) is 9.04. The molecule has 30 heavy (non-hydrogen) atoms. The normalized spacial score (nSPS) is 12.3. The molecule has 1 atom stereocenters. The van der Waals surface area contributed by atoms with Crippen molar-refractivity contribution in [1.82, 2.24) is 4.57 Å². The molecule has 1 unspecified atom stereocenters. The number of fused-ring (bicyclic) bond motifs is 1. The van der Waals surface area contributed by atoms with Crippen LogP contribution in [0.2, 0.25) is 0 Å². The fourth-order valence-corrected chi connectivity index (χ4v) is 3.64. The average Bonchev–Trinajstić information content (AvgIpc) is 2.97. The summed E-state index contributed by atoms with van der Waals surface area (Å²) in [5.74, 6) is -10.0.